The van der Waals surface area contributed by atoms with E-state index in [4.69, 9.17) is 27.9 Å². The zero-order valence-corrected chi connectivity index (χ0v) is 19.4. The highest BCUT2D eigenvalue weighted by Gasteiger charge is 2.16. The summed E-state index contributed by atoms with van der Waals surface area (Å²) in [5.74, 6) is -3.76. The maximum Gasteiger partial charge on any atom is 0.340 e. The lowest BCUT2D eigenvalue weighted by molar-refractivity contribution is -0.119. The zero-order valence-electron chi connectivity index (χ0n) is 17.1. The third-order valence-corrected chi connectivity index (χ3v) is 5.60. The third-order valence-electron chi connectivity index (χ3n) is 4.20. The molecule has 172 valence electrons. The van der Waals surface area contributed by atoms with Crippen molar-refractivity contribution in [2.45, 2.75) is 17.6 Å². The van der Waals surface area contributed by atoms with Crippen LogP contribution >= 0.6 is 35.0 Å². The molecule has 2 N–H and O–H groups in total. The van der Waals surface area contributed by atoms with Crippen molar-refractivity contribution in [1.82, 2.24) is 4.98 Å². The molecule has 0 atom stereocenters. The van der Waals surface area contributed by atoms with Gasteiger partial charge < -0.3 is 15.4 Å². The molecule has 1 amide bonds. The van der Waals surface area contributed by atoms with Crippen LogP contribution in [0.15, 0.2) is 59.5 Å². The Bertz CT molecular complexity index is 1160. The second-order valence-electron chi connectivity index (χ2n) is 6.58. The average Bonchev–Trinajstić information content (AvgIpc) is 2.77. The van der Waals surface area contributed by atoms with Crippen LogP contribution in [0.2, 0.25) is 10.0 Å². The summed E-state index contributed by atoms with van der Waals surface area (Å²) in [7, 11) is 0. The largest absolute Gasteiger partial charge is 0.452 e. The monoisotopic (exact) mass is 511 g/mol. The van der Waals surface area contributed by atoms with Crippen LogP contribution < -0.4 is 10.6 Å². The molecule has 0 fully saturated rings. The number of esters is 1. The Kier molecular flexibility index (Phi) is 8.49. The number of ether oxygens (including phenoxy) is 1. The fourth-order valence-corrected chi connectivity index (χ4v) is 3.57. The van der Waals surface area contributed by atoms with Gasteiger partial charge in [0.15, 0.2) is 12.4 Å². The molecule has 0 saturated carbocycles. The van der Waals surface area contributed by atoms with Gasteiger partial charge in [-0.15, -0.1) is 0 Å². The normalized spacial score (nSPS) is 10.7. The van der Waals surface area contributed by atoms with Gasteiger partial charge in [0.1, 0.15) is 0 Å². The number of aromatic nitrogens is 1. The van der Waals surface area contributed by atoms with E-state index in [9.17, 15) is 18.4 Å². The number of hydrogen-bond donors (Lipinski definition) is 2. The summed E-state index contributed by atoms with van der Waals surface area (Å²) in [4.78, 5) is 29.3. The minimum Gasteiger partial charge on any atom is -0.452 e. The summed E-state index contributed by atoms with van der Waals surface area (Å²) in [6, 6.07) is 14.3. The van der Waals surface area contributed by atoms with Crippen LogP contribution in [-0.2, 0) is 9.53 Å². The number of para-hydroxylation sites is 1. The van der Waals surface area contributed by atoms with E-state index in [1.165, 1.54) is 12.1 Å². The number of alkyl halides is 2. The number of anilines is 3. The molecule has 1 aromatic heterocycles. The van der Waals surface area contributed by atoms with Gasteiger partial charge in [-0.1, -0.05) is 47.1 Å². The van der Waals surface area contributed by atoms with E-state index in [-0.39, 0.29) is 16.4 Å². The average molecular weight is 512 g/mol. The lowest BCUT2D eigenvalue weighted by Crippen LogP contribution is -2.22. The molecule has 3 rings (SSSR count). The highest BCUT2D eigenvalue weighted by Crippen LogP contribution is 2.28. The summed E-state index contributed by atoms with van der Waals surface area (Å²) in [5, 5.41) is 6.02. The maximum absolute atomic E-state index is 12.6. The Balaban J connectivity index is 1.63. The van der Waals surface area contributed by atoms with Gasteiger partial charge in [-0.3, -0.25) is 4.79 Å². The van der Waals surface area contributed by atoms with Crippen LogP contribution in [0, 0.1) is 6.92 Å². The van der Waals surface area contributed by atoms with Gasteiger partial charge in [0.25, 0.3) is 11.7 Å². The number of nitrogens with zero attached hydrogens (tertiary/aromatic N) is 1. The predicted molar refractivity (Wildman–Crippen MR) is 126 cm³/mol. The van der Waals surface area contributed by atoms with E-state index < -0.39 is 24.2 Å². The maximum atomic E-state index is 12.6. The number of carbonyl (C=O) groups excluding carboxylic acids is 2. The van der Waals surface area contributed by atoms with E-state index in [2.05, 4.69) is 15.6 Å². The van der Waals surface area contributed by atoms with Crippen molar-refractivity contribution in [3.05, 3.63) is 75.9 Å². The number of halogens is 4. The molecule has 0 radical (unpaired) electrons. The molecule has 0 aliphatic rings. The van der Waals surface area contributed by atoms with Crippen molar-refractivity contribution >= 4 is 64.0 Å². The van der Waals surface area contributed by atoms with Crippen molar-refractivity contribution < 1.29 is 23.1 Å². The number of carbonyl (C=O) groups is 2. The molecular weight excluding hydrogens is 495 g/mol. The lowest BCUT2D eigenvalue weighted by Gasteiger charge is -2.13. The fraction of sp³-hybridized carbons (Fsp3) is 0.136. The number of pyridine rings is 1. The highest BCUT2D eigenvalue weighted by atomic mass is 35.5. The van der Waals surface area contributed by atoms with Gasteiger partial charge >= 0.3 is 5.97 Å². The number of thioether (sulfide) groups is 1. The van der Waals surface area contributed by atoms with E-state index in [0.29, 0.717) is 38.7 Å². The Morgan fingerprint density at radius 2 is 1.79 bits per heavy atom. The van der Waals surface area contributed by atoms with Crippen molar-refractivity contribution in [3.63, 3.8) is 0 Å². The smallest absolute Gasteiger partial charge is 0.340 e. The van der Waals surface area contributed by atoms with Gasteiger partial charge in [-0.25, -0.2) is 9.78 Å². The van der Waals surface area contributed by atoms with Gasteiger partial charge in [0.2, 0.25) is 0 Å². The van der Waals surface area contributed by atoms with Gasteiger partial charge in [0, 0.05) is 10.6 Å². The standard InChI is InChI=1S/C22H17Cl2F2N3O3S/c1-12-16(23)10-17(24)20(27-12)29-19(30)11-32-21(31)15-4-2-3-5-18(15)28-13-6-8-14(9-7-13)33-22(25)26/h2-10,22,28H,11H2,1H3,(H,27,29,30). The summed E-state index contributed by atoms with van der Waals surface area (Å²) in [6.07, 6.45) is 0. The molecule has 11 heteroatoms. The first-order chi connectivity index (χ1) is 15.7. The summed E-state index contributed by atoms with van der Waals surface area (Å²) in [5.41, 5.74) is 1.68. The summed E-state index contributed by atoms with van der Waals surface area (Å²) >= 11 is 12.4. The Labute approximate surface area is 202 Å². The first-order valence-electron chi connectivity index (χ1n) is 9.43. The molecule has 2 aromatic carbocycles. The zero-order chi connectivity index (χ0) is 24.0. The van der Waals surface area contributed by atoms with E-state index >= 15 is 0 Å². The van der Waals surface area contributed by atoms with Crippen LogP contribution in [0.25, 0.3) is 0 Å². The summed E-state index contributed by atoms with van der Waals surface area (Å²) < 4.78 is 30.1. The highest BCUT2D eigenvalue weighted by molar-refractivity contribution is 7.99. The first kappa shape index (κ1) is 24.8. The molecule has 0 spiro atoms. The number of benzene rings is 2. The van der Waals surface area contributed by atoms with E-state index in [1.807, 2.05) is 0 Å². The van der Waals surface area contributed by atoms with Crippen LogP contribution in [-0.4, -0.2) is 29.2 Å². The van der Waals surface area contributed by atoms with E-state index in [0.717, 1.165) is 0 Å². The molecule has 1 heterocycles. The van der Waals surface area contributed by atoms with Crippen molar-refractivity contribution in [2.75, 3.05) is 17.2 Å². The second-order valence-corrected chi connectivity index (χ2v) is 8.46. The van der Waals surface area contributed by atoms with Crippen molar-refractivity contribution in [2.24, 2.45) is 0 Å². The van der Waals surface area contributed by atoms with Crippen LogP contribution in [0.1, 0.15) is 16.1 Å². The Hall–Kier alpha value is -2.88. The molecule has 0 saturated heterocycles. The SMILES string of the molecule is Cc1nc(NC(=O)COC(=O)c2ccccc2Nc2ccc(SC(F)F)cc2)c(Cl)cc1Cl. The van der Waals surface area contributed by atoms with Crippen molar-refractivity contribution in [1.29, 1.82) is 0 Å². The topological polar surface area (TPSA) is 80.3 Å². The van der Waals surface area contributed by atoms with Crippen LogP contribution in [0.3, 0.4) is 0 Å². The minimum atomic E-state index is -2.51. The van der Waals surface area contributed by atoms with Gasteiger partial charge in [0.05, 0.1) is 27.0 Å². The van der Waals surface area contributed by atoms with Crippen LogP contribution in [0.4, 0.5) is 26.0 Å². The number of rotatable bonds is 8. The molecule has 0 aliphatic heterocycles. The number of amides is 1. The molecule has 3 aromatic rings. The molecule has 33 heavy (non-hydrogen) atoms. The van der Waals surface area contributed by atoms with E-state index in [1.54, 1.807) is 49.4 Å². The number of nitrogens with one attached hydrogen (secondary N) is 2. The quantitative estimate of drug-likeness (QED) is 0.263. The Morgan fingerprint density at radius 1 is 1.09 bits per heavy atom. The third kappa shape index (κ3) is 7.05. The molecule has 0 bridgehead atoms. The molecule has 0 unspecified atom stereocenters. The predicted octanol–water partition coefficient (Wildman–Crippen LogP) is 6.55. The molecule has 0 aliphatic carbocycles. The number of aryl methyl sites for hydroxylation is 1. The minimum absolute atomic E-state index is 0.107. The summed E-state index contributed by atoms with van der Waals surface area (Å²) in [6.45, 7) is 1.09. The van der Waals surface area contributed by atoms with Gasteiger partial charge in [-0.05, 0) is 49.4 Å². The van der Waals surface area contributed by atoms with Crippen LogP contribution in [0.5, 0.6) is 0 Å². The lowest BCUT2D eigenvalue weighted by atomic mass is 10.1. The number of hydrogen-bond acceptors (Lipinski definition) is 6. The fourth-order valence-electron chi connectivity index (χ4n) is 2.67. The molecular formula is C22H17Cl2F2N3O3S. The first-order valence-corrected chi connectivity index (χ1v) is 11.1. The second kappa shape index (κ2) is 11.3. The van der Waals surface area contributed by atoms with Gasteiger partial charge in [-0.2, -0.15) is 8.78 Å². The van der Waals surface area contributed by atoms with Crippen molar-refractivity contribution in [3.8, 4) is 0 Å². The molecule has 6 nitrogen and oxygen atoms in total. The Morgan fingerprint density at radius 3 is 2.48 bits per heavy atom.